The summed E-state index contributed by atoms with van der Waals surface area (Å²) in [6.45, 7) is 6.22. The van der Waals surface area contributed by atoms with Gasteiger partial charge in [-0.25, -0.2) is 9.18 Å². The van der Waals surface area contributed by atoms with E-state index in [9.17, 15) is 9.18 Å². The fourth-order valence-electron chi connectivity index (χ4n) is 3.35. The van der Waals surface area contributed by atoms with Crippen LogP contribution >= 0.6 is 0 Å². The minimum atomic E-state index is -0.685. The van der Waals surface area contributed by atoms with Crippen LogP contribution in [0.25, 0.3) is 0 Å². The number of hydrogen-bond donors (Lipinski definition) is 0. The van der Waals surface area contributed by atoms with E-state index in [1.165, 1.54) is 17.7 Å². The van der Waals surface area contributed by atoms with Gasteiger partial charge in [-0.3, -0.25) is 0 Å². The van der Waals surface area contributed by atoms with Crippen LogP contribution in [0, 0.1) is 5.82 Å². The maximum atomic E-state index is 13.4. The SMILES string of the molecule is CCC(C)c1ccc(C(=O)OC2(C)CCc3cc(F)ccc32)cc1. The number of fused-ring (bicyclic) bond motifs is 1. The quantitative estimate of drug-likeness (QED) is 0.707. The van der Waals surface area contributed by atoms with Gasteiger partial charge in [0.05, 0.1) is 5.56 Å². The van der Waals surface area contributed by atoms with Crippen molar-refractivity contribution in [1.82, 2.24) is 0 Å². The molecule has 126 valence electrons. The fraction of sp³-hybridized carbons (Fsp3) is 0.381. The Morgan fingerprint density at radius 1 is 1.25 bits per heavy atom. The van der Waals surface area contributed by atoms with Gasteiger partial charge >= 0.3 is 5.97 Å². The van der Waals surface area contributed by atoms with Crippen LogP contribution < -0.4 is 0 Å². The largest absolute Gasteiger partial charge is 0.451 e. The number of benzene rings is 2. The highest BCUT2D eigenvalue weighted by Crippen LogP contribution is 2.40. The van der Waals surface area contributed by atoms with Crippen LogP contribution in [-0.2, 0) is 16.8 Å². The van der Waals surface area contributed by atoms with Crippen molar-refractivity contribution in [2.45, 2.75) is 51.6 Å². The summed E-state index contributed by atoms with van der Waals surface area (Å²) in [5.74, 6) is -0.0977. The van der Waals surface area contributed by atoms with Crippen LogP contribution in [0.4, 0.5) is 4.39 Å². The van der Waals surface area contributed by atoms with Crippen LogP contribution in [0.15, 0.2) is 42.5 Å². The van der Waals surface area contributed by atoms with Gasteiger partial charge in [0.2, 0.25) is 0 Å². The van der Waals surface area contributed by atoms with E-state index >= 15 is 0 Å². The van der Waals surface area contributed by atoms with E-state index in [1.807, 2.05) is 31.2 Å². The molecule has 0 saturated heterocycles. The van der Waals surface area contributed by atoms with E-state index in [0.717, 1.165) is 24.0 Å². The van der Waals surface area contributed by atoms with Gasteiger partial charge in [0.1, 0.15) is 11.4 Å². The average molecular weight is 326 g/mol. The Morgan fingerprint density at radius 2 is 1.96 bits per heavy atom. The van der Waals surface area contributed by atoms with Crippen molar-refractivity contribution in [1.29, 1.82) is 0 Å². The maximum absolute atomic E-state index is 13.4. The van der Waals surface area contributed by atoms with E-state index in [0.29, 0.717) is 17.9 Å². The number of esters is 1. The highest BCUT2D eigenvalue weighted by molar-refractivity contribution is 5.89. The van der Waals surface area contributed by atoms with E-state index in [2.05, 4.69) is 13.8 Å². The molecule has 1 aliphatic carbocycles. The van der Waals surface area contributed by atoms with Gasteiger partial charge in [0.25, 0.3) is 0 Å². The summed E-state index contributed by atoms with van der Waals surface area (Å²) in [5.41, 5.74) is 2.93. The molecule has 2 nitrogen and oxygen atoms in total. The summed E-state index contributed by atoms with van der Waals surface area (Å²) in [5, 5.41) is 0. The van der Waals surface area contributed by atoms with Crippen LogP contribution in [0.5, 0.6) is 0 Å². The normalized spacial score (nSPS) is 20.5. The molecule has 3 heteroatoms. The maximum Gasteiger partial charge on any atom is 0.339 e. The molecule has 0 radical (unpaired) electrons. The Hall–Kier alpha value is -2.16. The van der Waals surface area contributed by atoms with Gasteiger partial charge in [-0.15, -0.1) is 0 Å². The molecule has 0 fully saturated rings. The zero-order chi connectivity index (χ0) is 17.3. The number of hydrogen-bond acceptors (Lipinski definition) is 2. The summed E-state index contributed by atoms with van der Waals surface area (Å²) < 4.78 is 19.2. The molecule has 0 bridgehead atoms. The third-order valence-electron chi connectivity index (χ3n) is 5.15. The Labute approximate surface area is 142 Å². The zero-order valence-electron chi connectivity index (χ0n) is 14.4. The third kappa shape index (κ3) is 3.08. The van der Waals surface area contributed by atoms with E-state index in [4.69, 9.17) is 4.74 Å². The van der Waals surface area contributed by atoms with E-state index < -0.39 is 5.60 Å². The van der Waals surface area contributed by atoms with Crippen molar-refractivity contribution in [2.24, 2.45) is 0 Å². The summed E-state index contributed by atoms with van der Waals surface area (Å²) in [4.78, 5) is 12.5. The number of rotatable bonds is 4. The van der Waals surface area contributed by atoms with Gasteiger partial charge in [-0.05, 0) is 73.1 Å². The van der Waals surface area contributed by atoms with Gasteiger partial charge in [0, 0.05) is 0 Å². The first-order valence-electron chi connectivity index (χ1n) is 8.55. The first-order chi connectivity index (χ1) is 11.4. The third-order valence-corrected chi connectivity index (χ3v) is 5.15. The predicted molar refractivity (Wildman–Crippen MR) is 92.6 cm³/mol. The first kappa shape index (κ1) is 16.7. The second kappa shape index (κ2) is 6.39. The zero-order valence-corrected chi connectivity index (χ0v) is 14.4. The van der Waals surface area contributed by atoms with Crippen molar-refractivity contribution in [2.75, 3.05) is 0 Å². The van der Waals surface area contributed by atoms with E-state index in [-0.39, 0.29) is 11.8 Å². The standard InChI is InChI=1S/C21H23FO2/c1-4-14(2)15-5-7-16(8-6-15)20(23)24-21(3)12-11-17-13-18(22)9-10-19(17)21/h5-10,13-14H,4,11-12H2,1-3H3. The molecule has 24 heavy (non-hydrogen) atoms. The molecular weight excluding hydrogens is 303 g/mol. The topological polar surface area (TPSA) is 26.3 Å². The molecule has 3 rings (SSSR count). The molecule has 0 aliphatic heterocycles. The smallest absolute Gasteiger partial charge is 0.339 e. The minimum Gasteiger partial charge on any atom is -0.451 e. The summed E-state index contributed by atoms with van der Waals surface area (Å²) in [6.07, 6.45) is 2.47. The second-order valence-corrected chi connectivity index (χ2v) is 6.85. The molecule has 1 aliphatic rings. The van der Waals surface area contributed by atoms with Gasteiger partial charge in [0.15, 0.2) is 0 Å². The van der Waals surface area contributed by atoms with Gasteiger partial charge in [-0.1, -0.05) is 32.0 Å². The molecule has 2 unspecified atom stereocenters. The lowest BCUT2D eigenvalue weighted by atomic mass is 9.97. The second-order valence-electron chi connectivity index (χ2n) is 6.85. The highest BCUT2D eigenvalue weighted by atomic mass is 19.1. The first-order valence-corrected chi connectivity index (χ1v) is 8.55. The minimum absolute atomic E-state index is 0.245. The molecule has 2 atom stereocenters. The van der Waals surface area contributed by atoms with Crippen molar-refractivity contribution in [3.63, 3.8) is 0 Å². The lowest BCUT2D eigenvalue weighted by Gasteiger charge is -2.26. The van der Waals surface area contributed by atoms with Crippen LogP contribution in [0.2, 0.25) is 0 Å². The van der Waals surface area contributed by atoms with Crippen LogP contribution in [-0.4, -0.2) is 5.97 Å². The molecule has 2 aromatic rings. The fourth-order valence-corrected chi connectivity index (χ4v) is 3.35. The molecule has 0 aromatic heterocycles. The molecule has 0 amide bonds. The van der Waals surface area contributed by atoms with Crippen molar-refractivity contribution in [3.05, 3.63) is 70.5 Å². The molecule has 2 aromatic carbocycles. The molecule has 0 saturated carbocycles. The van der Waals surface area contributed by atoms with Gasteiger partial charge < -0.3 is 4.74 Å². The highest BCUT2D eigenvalue weighted by Gasteiger charge is 2.38. The van der Waals surface area contributed by atoms with Crippen LogP contribution in [0.1, 0.15) is 66.6 Å². The van der Waals surface area contributed by atoms with Crippen LogP contribution in [0.3, 0.4) is 0 Å². The van der Waals surface area contributed by atoms with Crippen molar-refractivity contribution in [3.8, 4) is 0 Å². The summed E-state index contributed by atoms with van der Waals surface area (Å²) in [6, 6.07) is 12.3. The lowest BCUT2D eigenvalue weighted by molar-refractivity contribution is -0.0112. The number of ether oxygens (including phenoxy) is 1. The Balaban J connectivity index is 1.78. The number of aryl methyl sites for hydroxylation is 1. The predicted octanol–water partition coefficient (Wildman–Crippen LogP) is 5.36. The molecule has 0 N–H and O–H groups in total. The average Bonchev–Trinajstić information content (AvgIpc) is 2.90. The molecular formula is C21H23FO2. The number of carbonyl (C=O) groups is 1. The van der Waals surface area contributed by atoms with Gasteiger partial charge in [-0.2, -0.15) is 0 Å². The number of halogens is 1. The Bertz CT molecular complexity index is 751. The summed E-state index contributed by atoms with van der Waals surface area (Å²) >= 11 is 0. The summed E-state index contributed by atoms with van der Waals surface area (Å²) in [7, 11) is 0. The van der Waals surface area contributed by atoms with Crippen molar-refractivity contribution >= 4 is 5.97 Å². The lowest BCUT2D eigenvalue weighted by Crippen LogP contribution is -2.26. The monoisotopic (exact) mass is 326 g/mol. The Kier molecular flexibility index (Phi) is 4.44. The van der Waals surface area contributed by atoms with E-state index in [1.54, 1.807) is 6.07 Å². The molecule has 0 spiro atoms. The number of carbonyl (C=O) groups excluding carboxylic acids is 1. The van der Waals surface area contributed by atoms with Crippen molar-refractivity contribution < 1.29 is 13.9 Å². The Morgan fingerprint density at radius 3 is 2.62 bits per heavy atom. The molecule has 0 heterocycles.